The van der Waals surface area contributed by atoms with E-state index in [9.17, 15) is 5.11 Å². The molecule has 4 heteroatoms. The minimum absolute atomic E-state index is 0.264. The normalized spacial score (nSPS) is 17.8. The third-order valence-electron chi connectivity index (χ3n) is 5.06. The highest BCUT2D eigenvalue weighted by Crippen LogP contribution is 2.28. The van der Waals surface area contributed by atoms with Gasteiger partial charge in [0.15, 0.2) is 0 Å². The van der Waals surface area contributed by atoms with Gasteiger partial charge in [-0.25, -0.2) is 0 Å². The van der Waals surface area contributed by atoms with Crippen molar-refractivity contribution in [1.82, 2.24) is 5.32 Å². The summed E-state index contributed by atoms with van der Waals surface area (Å²) in [7, 11) is 0. The number of aryl methyl sites for hydroxylation is 2. The van der Waals surface area contributed by atoms with Crippen LogP contribution in [0.15, 0.2) is 52.9 Å². The van der Waals surface area contributed by atoms with Gasteiger partial charge in [-0.05, 0) is 55.5 Å². The van der Waals surface area contributed by atoms with E-state index in [0.717, 1.165) is 41.7 Å². The zero-order valence-electron chi connectivity index (χ0n) is 15.1. The number of nitrogens with one attached hydrogen (secondary N) is 1. The van der Waals surface area contributed by atoms with Gasteiger partial charge in [-0.15, -0.1) is 0 Å². The summed E-state index contributed by atoms with van der Waals surface area (Å²) >= 11 is 0. The number of fused-ring (bicyclic) bond motifs is 2. The summed E-state index contributed by atoms with van der Waals surface area (Å²) < 4.78 is 11.5. The van der Waals surface area contributed by atoms with Crippen LogP contribution in [-0.4, -0.2) is 30.4 Å². The van der Waals surface area contributed by atoms with Gasteiger partial charge in [0.2, 0.25) is 0 Å². The first-order valence-corrected chi connectivity index (χ1v) is 9.29. The lowest BCUT2D eigenvalue weighted by atomic mass is 9.88. The first-order valence-electron chi connectivity index (χ1n) is 9.29. The fourth-order valence-electron chi connectivity index (χ4n) is 3.71. The second kappa shape index (κ2) is 7.52. The van der Waals surface area contributed by atoms with Crippen molar-refractivity contribution in [2.24, 2.45) is 0 Å². The third kappa shape index (κ3) is 3.76. The van der Waals surface area contributed by atoms with Crippen LogP contribution in [-0.2, 0) is 12.8 Å². The summed E-state index contributed by atoms with van der Waals surface area (Å²) in [5, 5.41) is 14.7. The molecule has 26 heavy (non-hydrogen) atoms. The van der Waals surface area contributed by atoms with Crippen molar-refractivity contribution >= 4 is 11.0 Å². The quantitative estimate of drug-likeness (QED) is 0.712. The van der Waals surface area contributed by atoms with Crippen LogP contribution in [0.5, 0.6) is 5.75 Å². The Labute approximate surface area is 153 Å². The standard InChI is InChI=1S/C22H25NO3/c1-15-11-20-21(7-4-8-22(20)26-15)25-14-19(24)13-23-18-10-9-16-5-2-3-6-17(16)12-18/h2-8,11,18-19,23-24H,9-10,12-14H2,1H3. The van der Waals surface area contributed by atoms with Crippen molar-refractivity contribution in [2.45, 2.75) is 38.3 Å². The first-order chi connectivity index (χ1) is 12.7. The molecule has 1 aliphatic rings. The van der Waals surface area contributed by atoms with Crippen LogP contribution in [0.1, 0.15) is 23.3 Å². The molecule has 2 aromatic carbocycles. The summed E-state index contributed by atoms with van der Waals surface area (Å²) in [5.74, 6) is 1.61. The molecule has 4 nitrogen and oxygen atoms in total. The lowest BCUT2D eigenvalue weighted by Gasteiger charge is -2.26. The van der Waals surface area contributed by atoms with Crippen molar-refractivity contribution in [3.8, 4) is 5.75 Å². The highest BCUT2D eigenvalue weighted by molar-refractivity contribution is 5.84. The molecule has 3 aromatic rings. The molecule has 2 atom stereocenters. The van der Waals surface area contributed by atoms with Crippen LogP contribution in [0.4, 0.5) is 0 Å². The minimum atomic E-state index is -0.546. The molecule has 0 radical (unpaired) electrons. The van der Waals surface area contributed by atoms with Crippen LogP contribution in [0, 0.1) is 6.92 Å². The molecule has 0 saturated carbocycles. The van der Waals surface area contributed by atoms with E-state index in [1.165, 1.54) is 11.1 Å². The number of furan rings is 1. The van der Waals surface area contributed by atoms with E-state index in [-0.39, 0.29) is 6.61 Å². The summed E-state index contributed by atoms with van der Waals surface area (Å²) in [6.07, 6.45) is 2.69. The molecule has 4 rings (SSSR count). The third-order valence-corrected chi connectivity index (χ3v) is 5.06. The van der Waals surface area contributed by atoms with Crippen LogP contribution < -0.4 is 10.1 Å². The molecule has 0 aliphatic heterocycles. The maximum Gasteiger partial charge on any atom is 0.137 e. The van der Waals surface area contributed by atoms with Gasteiger partial charge in [0.25, 0.3) is 0 Å². The maximum absolute atomic E-state index is 10.3. The van der Waals surface area contributed by atoms with E-state index >= 15 is 0 Å². The second-order valence-electron chi connectivity index (χ2n) is 7.11. The average Bonchev–Trinajstić information content (AvgIpc) is 3.05. The number of hydrogen-bond acceptors (Lipinski definition) is 4. The molecule has 2 unspecified atom stereocenters. The fraction of sp³-hybridized carbons (Fsp3) is 0.364. The molecule has 2 N–H and O–H groups in total. The van der Waals surface area contributed by atoms with Gasteiger partial charge in [-0.3, -0.25) is 0 Å². The smallest absolute Gasteiger partial charge is 0.137 e. The summed E-state index contributed by atoms with van der Waals surface area (Å²) in [4.78, 5) is 0. The molecule has 1 aromatic heterocycles. The molecule has 0 bridgehead atoms. The number of ether oxygens (including phenoxy) is 1. The van der Waals surface area contributed by atoms with E-state index in [2.05, 4.69) is 29.6 Å². The molecule has 0 amide bonds. The van der Waals surface area contributed by atoms with Gasteiger partial charge in [0, 0.05) is 12.6 Å². The highest BCUT2D eigenvalue weighted by atomic mass is 16.5. The fourth-order valence-corrected chi connectivity index (χ4v) is 3.71. The minimum Gasteiger partial charge on any atom is -0.490 e. The van der Waals surface area contributed by atoms with Gasteiger partial charge in [0.1, 0.15) is 29.8 Å². The van der Waals surface area contributed by atoms with E-state index in [4.69, 9.17) is 9.15 Å². The molecule has 0 spiro atoms. The predicted octanol–water partition coefficient (Wildman–Crippen LogP) is 3.63. The lowest BCUT2D eigenvalue weighted by Crippen LogP contribution is -2.40. The molecular weight excluding hydrogens is 326 g/mol. The van der Waals surface area contributed by atoms with Crippen LogP contribution in [0.25, 0.3) is 11.0 Å². The van der Waals surface area contributed by atoms with E-state index in [1.54, 1.807) is 0 Å². The Morgan fingerprint density at radius 1 is 1.19 bits per heavy atom. The Kier molecular flexibility index (Phi) is 4.96. The number of hydrogen-bond donors (Lipinski definition) is 2. The van der Waals surface area contributed by atoms with Crippen molar-refractivity contribution in [3.05, 3.63) is 65.4 Å². The van der Waals surface area contributed by atoms with Crippen molar-refractivity contribution in [3.63, 3.8) is 0 Å². The number of rotatable bonds is 6. The zero-order valence-corrected chi connectivity index (χ0v) is 15.1. The van der Waals surface area contributed by atoms with Gasteiger partial charge in [-0.2, -0.15) is 0 Å². The molecule has 1 aliphatic carbocycles. The number of aliphatic hydroxyl groups excluding tert-OH is 1. The molecule has 0 saturated heterocycles. The average molecular weight is 351 g/mol. The van der Waals surface area contributed by atoms with Crippen molar-refractivity contribution < 1.29 is 14.3 Å². The van der Waals surface area contributed by atoms with Crippen molar-refractivity contribution in [2.75, 3.05) is 13.2 Å². The topological polar surface area (TPSA) is 54.6 Å². The lowest BCUT2D eigenvalue weighted by molar-refractivity contribution is 0.104. The molecular formula is C22H25NO3. The Bertz CT molecular complexity index is 886. The SMILES string of the molecule is Cc1cc2c(OCC(O)CNC3CCc4ccccc4C3)cccc2o1. The first kappa shape index (κ1) is 17.1. The van der Waals surface area contributed by atoms with Crippen molar-refractivity contribution in [1.29, 1.82) is 0 Å². The summed E-state index contributed by atoms with van der Waals surface area (Å²) in [6.45, 7) is 2.72. The van der Waals surface area contributed by atoms with E-state index in [1.807, 2.05) is 31.2 Å². The summed E-state index contributed by atoms with van der Waals surface area (Å²) in [6, 6.07) is 16.8. The van der Waals surface area contributed by atoms with Gasteiger partial charge >= 0.3 is 0 Å². The predicted molar refractivity (Wildman–Crippen MR) is 103 cm³/mol. The monoisotopic (exact) mass is 351 g/mol. The number of aliphatic hydroxyl groups is 1. The Balaban J connectivity index is 1.29. The van der Waals surface area contributed by atoms with Crippen LogP contribution in [0.3, 0.4) is 0 Å². The molecule has 0 fully saturated rings. The highest BCUT2D eigenvalue weighted by Gasteiger charge is 2.19. The maximum atomic E-state index is 10.3. The molecule has 136 valence electrons. The van der Waals surface area contributed by atoms with Gasteiger partial charge in [-0.1, -0.05) is 30.3 Å². The Morgan fingerprint density at radius 3 is 2.92 bits per heavy atom. The largest absolute Gasteiger partial charge is 0.490 e. The number of benzene rings is 2. The van der Waals surface area contributed by atoms with E-state index in [0.29, 0.717) is 12.6 Å². The Hall–Kier alpha value is -2.30. The summed E-state index contributed by atoms with van der Waals surface area (Å²) in [5.41, 5.74) is 3.69. The van der Waals surface area contributed by atoms with Crippen LogP contribution >= 0.6 is 0 Å². The second-order valence-corrected chi connectivity index (χ2v) is 7.11. The van der Waals surface area contributed by atoms with E-state index < -0.39 is 6.10 Å². The van der Waals surface area contributed by atoms with Crippen LogP contribution in [0.2, 0.25) is 0 Å². The van der Waals surface area contributed by atoms with Gasteiger partial charge in [0.05, 0.1) is 5.39 Å². The molecule has 1 heterocycles. The Morgan fingerprint density at radius 2 is 2.04 bits per heavy atom. The van der Waals surface area contributed by atoms with Gasteiger partial charge < -0.3 is 19.6 Å². The zero-order chi connectivity index (χ0) is 17.9.